The Balaban J connectivity index is 2.57. The van der Waals surface area contributed by atoms with Gasteiger partial charge in [-0.15, -0.1) is 0 Å². The Bertz CT molecular complexity index is 423. The van der Waals surface area contributed by atoms with E-state index in [1.165, 1.54) is 0 Å². The van der Waals surface area contributed by atoms with Crippen LogP contribution in [-0.2, 0) is 11.3 Å². The highest BCUT2D eigenvalue weighted by molar-refractivity contribution is 6.35. The van der Waals surface area contributed by atoms with Crippen molar-refractivity contribution < 1.29 is 4.79 Å². The van der Waals surface area contributed by atoms with E-state index in [0.717, 1.165) is 12.0 Å². The molecule has 0 heterocycles. The molecule has 0 aromatic heterocycles. The van der Waals surface area contributed by atoms with Crippen molar-refractivity contribution in [1.29, 1.82) is 0 Å². The number of rotatable bonds is 5. The number of halogens is 2. The molecule has 0 saturated carbocycles. The van der Waals surface area contributed by atoms with E-state index >= 15 is 0 Å². The van der Waals surface area contributed by atoms with Gasteiger partial charge < -0.3 is 11.1 Å². The Morgan fingerprint density at radius 3 is 2.67 bits per heavy atom. The highest BCUT2D eigenvalue weighted by Crippen LogP contribution is 2.20. The number of nitrogens with two attached hydrogens (primary N) is 1. The average molecular weight is 289 g/mol. The number of hydrogen-bond donors (Lipinski definition) is 2. The molecule has 5 heteroatoms. The van der Waals surface area contributed by atoms with E-state index < -0.39 is 6.04 Å². The topological polar surface area (TPSA) is 55.1 Å². The van der Waals surface area contributed by atoms with Crippen LogP contribution in [0.4, 0.5) is 0 Å². The van der Waals surface area contributed by atoms with Gasteiger partial charge >= 0.3 is 0 Å². The Labute approximate surface area is 118 Å². The van der Waals surface area contributed by atoms with Gasteiger partial charge in [0.1, 0.15) is 0 Å². The van der Waals surface area contributed by atoms with Crippen LogP contribution in [0.3, 0.4) is 0 Å². The maximum Gasteiger partial charge on any atom is 0.237 e. The third kappa shape index (κ3) is 4.16. The summed E-state index contributed by atoms with van der Waals surface area (Å²) in [6.07, 6.45) is 0.871. The van der Waals surface area contributed by atoms with E-state index in [1.54, 1.807) is 18.2 Å². The summed E-state index contributed by atoms with van der Waals surface area (Å²) in [5.74, 6) is 0.000978. The zero-order valence-corrected chi connectivity index (χ0v) is 12.1. The average Bonchev–Trinajstić information content (AvgIpc) is 2.35. The van der Waals surface area contributed by atoms with Crippen molar-refractivity contribution in [3.05, 3.63) is 33.8 Å². The molecule has 1 aromatic rings. The second kappa shape index (κ2) is 6.98. The van der Waals surface area contributed by atoms with Crippen LogP contribution in [0.5, 0.6) is 0 Å². The van der Waals surface area contributed by atoms with Crippen LogP contribution in [0.25, 0.3) is 0 Å². The normalized spacial score (nSPS) is 14.1. The minimum Gasteiger partial charge on any atom is -0.351 e. The van der Waals surface area contributed by atoms with Gasteiger partial charge in [0, 0.05) is 16.6 Å². The van der Waals surface area contributed by atoms with Crippen LogP contribution in [-0.4, -0.2) is 11.9 Å². The van der Waals surface area contributed by atoms with Gasteiger partial charge in [-0.05, 0) is 23.6 Å². The molecule has 2 unspecified atom stereocenters. The molecule has 0 spiro atoms. The number of hydrogen-bond acceptors (Lipinski definition) is 2. The molecule has 0 radical (unpaired) electrons. The molecular formula is C13H18Cl2N2O. The third-order valence-corrected chi connectivity index (χ3v) is 3.61. The SMILES string of the molecule is CCC(C)C(N)C(=O)NCc1ccc(Cl)cc1Cl. The first-order valence-corrected chi connectivity index (χ1v) is 6.68. The lowest BCUT2D eigenvalue weighted by Crippen LogP contribution is -2.44. The van der Waals surface area contributed by atoms with Crippen molar-refractivity contribution in [1.82, 2.24) is 5.32 Å². The minimum atomic E-state index is -0.485. The molecule has 2 atom stereocenters. The van der Waals surface area contributed by atoms with E-state index in [-0.39, 0.29) is 11.8 Å². The molecule has 18 heavy (non-hydrogen) atoms. The molecule has 0 bridgehead atoms. The molecule has 100 valence electrons. The molecule has 1 rings (SSSR count). The van der Waals surface area contributed by atoms with Gasteiger partial charge in [0.25, 0.3) is 0 Å². The smallest absolute Gasteiger partial charge is 0.237 e. The highest BCUT2D eigenvalue weighted by Gasteiger charge is 2.19. The molecule has 1 aromatic carbocycles. The zero-order valence-electron chi connectivity index (χ0n) is 10.5. The van der Waals surface area contributed by atoms with Crippen LogP contribution >= 0.6 is 23.2 Å². The van der Waals surface area contributed by atoms with E-state index in [4.69, 9.17) is 28.9 Å². The lowest BCUT2D eigenvalue weighted by molar-refractivity contribution is -0.123. The fraction of sp³-hybridized carbons (Fsp3) is 0.462. The molecule has 1 amide bonds. The first kappa shape index (κ1) is 15.3. The fourth-order valence-corrected chi connectivity index (χ4v) is 1.95. The molecule has 3 nitrogen and oxygen atoms in total. The molecule has 0 fully saturated rings. The number of benzene rings is 1. The molecule has 3 N–H and O–H groups in total. The van der Waals surface area contributed by atoms with Crippen molar-refractivity contribution in [3.63, 3.8) is 0 Å². The largest absolute Gasteiger partial charge is 0.351 e. The second-order valence-corrected chi connectivity index (χ2v) is 5.21. The highest BCUT2D eigenvalue weighted by atomic mass is 35.5. The molecule has 0 aliphatic heterocycles. The summed E-state index contributed by atoms with van der Waals surface area (Å²) in [6.45, 7) is 4.33. The van der Waals surface area contributed by atoms with Gasteiger partial charge in [0.2, 0.25) is 5.91 Å². The Hall–Kier alpha value is -0.770. The standard InChI is InChI=1S/C13H18Cl2N2O/c1-3-8(2)12(16)13(18)17-7-9-4-5-10(14)6-11(9)15/h4-6,8,12H,3,7,16H2,1-2H3,(H,17,18). The molecule has 0 saturated heterocycles. The maximum atomic E-state index is 11.8. The molecule has 0 aliphatic carbocycles. The summed E-state index contributed by atoms with van der Waals surface area (Å²) in [5, 5.41) is 3.90. The summed E-state index contributed by atoms with van der Waals surface area (Å²) >= 11 is 11.8. The van der Waals surface area contributed by atoms with Gasteiger partial charge in [0.05, 0.1) is 6.04 Å². The first-order valence-electron chi connectivity index (χ1n) is 5.93. The molecule has 0 aliphatic rings. The van der Waals surface area contributed by atoms with E-state index in [0.29, 0.717) is 16.6 Å². The summed E-state index contributed by atoms with van der Waals surface area (Å²) in [6, 6.07) is 4.70. The van der Waals surface area contributed by atoms with Gasteiger partial charge in [-0.2, -0.15) is 0 Å². The monoisotopic (exact) mass is 288 g/mol. The summed E-state index contributed by atoms with van der Waals surface area (Å²) in [7, 11) is 0. The summed E-state index contributed by atoms with van der Waals surface area (Å²) < 4.78 is 0. The van der Waals surface area contributed by atoms with Crippen molar-refractivity contribution in [2.45, 2.75) is 32.9 Å². The summed E-state index contributed by atoms with van der Waals surface area (Å²) in [5.41, 5.74) is 6.66. The number of nitrogens with one attached hydrogen (secondary N) is 1. The predicted molar refractivity (Wildman–Crippen MR) is 75.7 cm³/mol. The Kier molecular flexibility index (Phi) is 5.93. The number of carbonyl (C=O) groups is 1. The van der Waals surface area contributed by atoms with Gasteiger partial charge in [-0.3, -0.25) is 4.79 Å². The van der Waals surface area contributed by atoms with Crippen molar-refractivity contribution in [2.24, 2.45) is 11.7 Å². The number of carbonyl (C=O) groups excluding carboxylic acids is 1. The van der Waals surface area contributed by atoms with Crippen LogP contribution < -0.4 is 11.1 Å². The maximum absolute atomic E-state index is 11.8. The van der Waals surface area contributed by atoms with Crippen LogP contribution in [0.2, 0.25) is 10.0 Å². The van der Waals surface area contributed by atoms with E-state index in [1.807, 2.05) is 13.8 Å². The lowest BCUT2D eigenvalue weighted by atomic mass is 9.99. The minimum absolute atomic E-state index is 0.157. The van der Waals surface area contributed by atoms with Crippen molar-refractivity contribution in [3.8, 4) is 0 Å². The zero-order chi connectivity index (χ0) is 13.7. The van der Waals surface area contributed by atoms with E-state index in [2.05, 4.69) is 5.32 Å². The van der Waals surface area contributed by atoms with E-state index in [9.17, 15) is 4.79 Å². The van der Waals surface area contributed by atoms with Crippen LogP contribution in [0.15, 0.2) is 18.2 Å². The van der Waals surface area contributed by atoms with Gasteiger partial charge in [-0.1, -0.05) is 49.5 Å². The fourth-order valence-electron chi connectivity index (χ4n) is 1.48. The number of amides is 1. The molecular weight excluding hydrogens is 271 g/mol. The lowest BCUT2D eigenvalue weighted by Gasteiger charge is -2.18. The van der Waals surface area contributed by atoms with Gasteiger partial charge in [0.15, 0.2) is 0 Å². The quantitative estimate of drug-likeness (QED) is 0.875. The second-order valence-electron chi connectivity index (χ2n) is 4.36. The Morgan fingerprint density at radius 1 is 1.44 bits per heavy atom. The van der Waals surface area contributed by atoms with Crippen molar-refractivity contribution in [2.75, 3.05) is 0 Å². The van der Waals surface area contributed by atoms with Gasteiger partial charge in [-0.25, -0.2) is 0 Å². The predicted octanol–water partition coefficient (Wildman–Crippen LogP) is 2.98. The third-order valence-electron chi connectivity index (χ3n) is 3.03. The first-order chi connectivity index (χ1) is 8.45. The van der Waals surface area contributed by atoms with Crippen LogP contribution in [0.1, 0.15) is 25.8 Å². The van der Waals surface area contributed by atoms with Crippen LogP contribution in [0, 0.1) is 5.92 Å². The summed E-state index contributed by atoms with van der Waals surface area (Å²) in [4.78, 5) is 11.8. The van der Waals surface area contributed by atoms with Crippen molar-refractivity contribution >= 4 is 29.1 Å². The Morgan fingerprint density at radius 2 is 2.11 bits per heavy atom.